The van der Waals surface area contributed by atoms with Crippen molar-refractivity contribution in [1.82, 2.24) is 0 Å². The number of nitrogens with two attached hydrogens (primary N) is 1. The number of hydrogen-bond acceptors (Lipinski definition) is 1. The molecule has 2 N–H and O–H groups in total. The van der Waals surface area contributed by atoms with Gasteiger partial charge in [-0.25, -0.2) is 0 Å². The zero-order valence-corrected chi connectivity index (χ0v) is 9.86. The fraction of sp³-hybridized carbons (Fsp3) is 0.400. The van der Waals surface area contributed by atoms with Crippen LogP contribution < -0.4 is 5.73 Å². The minimum absolute atomic E-state index is 0. The molecule has 0 aromatic heterocycles. The molecule has 0 bridgehead atoms. The maximum atomic E-state index is 6.02. The van der Waals surface area contributed by atoms with Gasteiger partial charge in [0.1, 0.15) is 0 Å². The summed E-state index contributed by atoms with van der Waals surface area (Å²) in [6.07, 6.45) is 1.12. The van der Waals surface area contributed by atoms with Crippen molar-refractivity contribution in [2.75, 3.05) is 0 Å². The average molecular weight is 263 g/mol. The van der Waals surface area contributed by atoms with Gasteiger partial charge in [-0.2, -0.15) is 0 Å². The summed E-state index contributed by atoms with van der Waals surface area (Å²) in [5.41, 5.74) is 8.76. The molecular formula is C10H13BrClN. The van der Waals surface area contributed by atoms with E-state index in [4.69, 9.17) is 5.73 Å². The summed E-state index contributed by atoms with van der Waals surface area (Å²) in [7, 11) is 0. The quantitative estimate of drug-likeness (QED) is 0.764. The molecule has 0 fully saturated rings. The Morgan fingerprint density at radius 3 is 2.85 bits per heavy atom. The summed E-state index contributed by atoms with van der Waals surface area (Å²) in [6, 6.07) is 6.62. The molecule has 0 amide bonds. The van der Waals surface area contributed by atoms with Gasteiger partial charge in [0.25, 0.3) is 0 Å². The molecule has 1 aromatic rings. The lowest BCUT2D eigenvalue weighted by Gasteiger charge is -2.08. The molecule has 0 radical (unpaired) electrons. The van der Waals surface area contributed by atoms with Gasteiger partial charge in [-0.1, -0.05) is 28.9 Å². The Kier molecular flexibility index (Phi) is 3.38. The highest BCUT2D eigenvalue weighted by Crippen LogP contribution is 2.35. The molecule has 1 aliphatic carbocycles. The second-order valence-corrected chi connectivity index (χ2v) is 4.47. The monoisotopic (exact) mass is 261 g/mol. The maximum absolute atomic E-state index is 6.02. The summed E-state index contributed by atoms with van der Waals surface area (Å²) in [5.74, 6) is 0.592. The van der Waals surface area contributed by atoms with Crippen LogP contribution in [0.5, 0.6) is 0 Å². The zero-order valence-electron chi connectivity index (χ0n) is 7.46. The van der Waals surface area contributed by atoms with Crippen molar-refractivity contribution >= 4 is 28.3 Å². The van der Waals surface area contributed by atoms with E-state index >= 15 is 0 Å². The van der Waals surface area contributed by atoms with Gasteiger partial charge < -0.3 is 5.73 Å². The highest BCUT2D eigenvalue weighted by atomic mass is 79.9. The molecule has 1 aliphatic rings. The molecule has 1 nitrogen and oxygen atoms in total. The largest absolute Gasteiger partial charge is 0.324 e. The highest BCUT2D eigenvalue weighted by Gasteiger charge is 2.25. The van der Waals surface area contributed by atoms with Gasteiger partial charge in [-0.3, -0.25) is 0 Å². The van der Waals surface area contributed by atoms with Crippen LogP contribution in [0.2, 0.25) is 0 Å². The normalized spacial score (nSPS) is 25.2. The first-order valence-corrected chi connectivity index (χ1v) is 5.01. The third-order valence-electron chi connectivity index (χ3n) is 2.62. The highest BCUT2D eigenvalue weighted by molar-refractivity contribution is 9.10. The summed E-state index contributed by atoms with van der Waals surface area (Å²) >= 11 is 3.46. The van der Waals surface area contributed by atoms with Crippen molar-refractivity contribution in [3.05, 3.63) is 33.8 Å². The Labute approximate surface area is 93.2 Å². The van der Waals surface area contributed by atoms with Gasteiger partial charge in [0.05, 0.1) is 0 Å². The lowest BCUT2D eigenvalue weighted by atomic mass is 10.0. The number of fused-ring (bicyclic) bond motifs is 1. The number of hydrogen-bond donors (Lipinski definition) is 1. The summed E-state index contributed by atoms with van der Waals surface area (Å²) in [4.78, 5) is 0. The van der Waals surface area contributed by atoms with Gasteiger partial charge in [-0.15, -0.1) is 12.4 Å². The minimum atomic E-state index is 0. The van der Waals surface area contributed by atoms with Crippen molar-refractivity contribution in [2.24, 2.45) is 11.7 Å². The van der Waals surface area contributed by atoms with E-state index in [1.54, 1.807) is 0 Å². The molecule has 0 saturated heterocycles. The SMILES string of the molecule is CC1Cc2cc(Br)ccc2C1N.Cl. The Balaban J connectivity index is 0.000000845. The predicted octanol–water partition coefficient (Wildman–Crippen LogP) is 3.06. The molecule has 0 saturated carbocycles. The van der Waals surface area contributed by atoms with E-state index in [0.29, 0.717) is 5.92 Å². The van der Waals surface area contributed by atoms with Crippen LogP contribution in [0, 0.1) is 5.92 Å². The molecule has 2 rings (SSSR count). The third-order valence-corrected chi connectivity index (χ3v) is 3.11. The maximum Gasteiger partial charge on any atom is 0.0326 e. The van der Waals surface area contributed by atoms with Crippen LogP contribution in [-0.4, -0.2) is 0 Å². The number of halogens is 2. The Morgan fingerprint density at radius 2 is 2.15 bits per heavy atom. The van der Waals surface area contributed by atoms with Crippen LogP contribution in [0.15, 0.2) is 22.7 Å². The van der Waals surface area contributed by atoms with Gasteiger partial charge in [0.2, 0.25) is 0 Å². The average Bonchev–Trinajstić information content (AvgIpc) is 2.28. The first kappa shape index (κ1) is 11.0. The molecule has 0 heterocycles. The number of benzene rings is 1. The molecule has 2 unspecified atom stereocenters. The van der Waals surface area contributed by atoms with E-state index < -0.39 is 0 Å². The van der Waals surface area contributed by atoms with Gasteiger partial charge >= 0.3 is 0 Å². The second kappa shape index (κ2) is 3.99. The molecule has 0 spiro atoms. The molecule has 72 valence electrons. The lowest BCUT2D eigenvalue weighted by Crippen LogP contribution is -2.13. The van der Waals surface area contributed by atoms with Crippen molar-refractivity contribution in [2.45, 2.75) is 19.4 Å². The summed E-state index contributed by atoms with van der Waals surface area (Å²) in [5, 5.41) is 0. The molecular weight excluding hydrogens is 249 g/mol. The summed E-state index contributed by atoms with van der Waals surface area (Å²) < 4.78 is 1.16. The fourth-order valence-corrected chi connectivity index (χ4v) is 2.27. The predicted molar refractivity (Wildman–Crippen MR) is 61.2 cm³/mol. The zero-order chi connectivity index (χ0) is 8.72. The molecule has 0 aliphatic heterocycles. The fourth-order valence-electron chi connectivity index (χ4n) is 1.86. The second-order valence-electron chi connectivity index (χ2n) is 3.55. The van der Waals surface area contributed by atoms with E-state index in [1.807, 2.05) is 0 Å². The first-order chi connectivity index (χ1) is 5.68. The molecule has 1 aromatic carbocycles. The minimum Gasteiger partial charge on any atom is -0.324 e. The molecule has 13 heavy (non-hydrogen) atoms. The Morgan fingerprint density at radius 1 is 1.46 bits per heavy atom. The summed E-state index contributed by atoms with van der Waals surface area (Å²) in [6.45, 7) is 2.21. The van der Waals surface area contributed by atoms with Crippen LogP contribution in [0.3, 0.4) is 0 Å². The van der Waals surface area contributed by atoms with Gasteiger partial charge in [0.15, 0.2) is 0 Å². The van der Waals surface area contributed by atoms with Crippen molar-refractivity contribution in [3.8, 4) is 0 Å². The third kappa shape index (κ3) is 1.90. The first-order valence-electron chi connectivity index (χ1n) is 4.22. The van der Waals surface area contributed by atoms with Crippen LogP contribution in [-0.2, 0) is 6.42 Å². The van der Waals surface area contributed by atoms with Gasteiger partial charge in [-0.05, 0) is 35.6 Å². The Hall–Kier alpha value is -0.0500. The standard InChI is InChI=1S/C10H12BrN.ClH/c1-6-4-7-5-8(11)2-3-9(7)10(6)12;/h2-3,5-6,10H,4,12H2,1H3;1H. The van der Waals surface area contributed by atoms with Gasteiger partial charge in [0, 0.05) is 10.5 Å². The van der Waals surface area contributed by atoms with E-state index in [-0.39, 0.29) is 18.4 Å². The van der Waals surface area contributed by atoms with Crippen molar-refractivity contribution in [3.63, 3.8) is 0 Å². The van der Waals surface area contributed by atoms with Crippen molar-refractivity contribution < 1.29 is 0 Å². The topological polar surface area (TPSA) is 26.0 Å². The number of rotatable bonds is 0. The van der Waals surface area contributed by atoms with Crippen LogP contribution >= 0.6 is 28.3 Å². The van der Waals surface area contributed by atoms with E-state index in [0.717, 1.165) is 10.9 Å². The molecule has 2 atom stereocenters. The Bertz CT molecular complexity index is 314. The van der Waals surface area contributed by atoms with Crippen LogP contribution in [0.25, 0.3) is 0 Å². The van der Waals surface area contributed by atoms with E-state index in [9.17, 15) is 0 Å². The van der Waals surface area contributed by atoms with Crippen LogP contribution in [0.4, 0.5) is 0 Å². The van der Waals surface area contributed by atoms with E-state index in [2.05, 4.69) is 41.1 Å². The lowest BCUT2D eigenvalue weighted by molar-refractivity contribution is 0.513. The van der Waals surface area contributed by atoms with E-state index in [1.165, 1.54) is 11.1 Å². The van der Waals surface area contributed by atoms with Crippen LogP contribution in [0.1, 0.15) is 24.1 Å². The molecule has 3 heteroatoms. The smallest absolute Gasteiger partial charge is 0.0326 e. The van der Waals surface area contributed by atoms with Crippen molar-refractivity contribution in [1.29, 1.82) is 0 Å².